The molecule has 0 amide bonds. The van der Waals surface area contributed by atoms with Crippen molar-refractivity contribution in [2.24, 2.45) is 0 Å². The number of alkyl halides is 11. The zero-order valence-electron chi connectivity index (χ0n) is 11.4. The second-order valence-electron chi connectivity index (χ2n) is 4.29. The van der Waals surface area contributed by atoms with Gasteiger partial charge in [-0.25, -0.2) is 8.42 Å². The predicted molar refractivity (Wildman–Crippen MR) is 55.4 cm³/mol. The molecule has 0 spiro atoms. The van der Waals surface area contributed by atoms with Crippen LogP contribution in [0.5, 0.6) is 0 Å². The Hall–Kier alpha value is -0.900. The summed E-state index contributed by atoms with van der Waals surface area (Å²) in [6, 6.07) is 0. The number of halogens is 11. The molecule has 0 fully saturated rings. The zero-order chi connectivity index (χ0) is 19.1. The first-order chi connectivity index (χ1) is 9.71. The van der Waals surface area contributed by atoms with Gasteiger partial charge in [-0.3, -0.25) is 0 Å². The Kier molecular flexibility index (Phi) is 7.16. The minimum absolute atomic E-state index is 0. The normalized spacial score (nSPS) is 15.2. The van der Waals surface area contributed by atoms with Crippen LogP contribution in [0.25, 0.3) is 0 Å². The molecule has 16 heteroatoms. The van der Waals surface area contributed by atoms with Crippen molar-refractivity contribution < 1.29 is 61.3 Å². The molecule has 0 aliphatic heterocycles. The van der Waals surface area contributed by atoms with Crippen LogP contribution in [0.1, 0.15) is 19.3 Å². The fourth-order valence-corrected chi connectivity index (χ4v) is 1.68. The van der Waals surface area contributed by atoms with E-state index in [1.165, 1.54) is 0 Å². The van der Waals surface area contributed by atoms with Crippen LogP contribution in [0.2, 0.25) is 0 Å². The first-order valence-corrected chi connectivity index (χ1v) is 6.65. The molecule has 0 saturated carbocycles. The van der Waals surface area contributed by atoms with Gasteiger partial charge in [-0.2, -0.15) is 48.3 Å². The number of hydrogen-bond acceptors (Lipinski definition) is 3. The monoisotopic (exact) mass is 409 g/mol. The summed E-state index contributed by atoms with van der Waals surface area (Å²) < 4.78 is 168. The second-order valence-corrected chi connectivity index (χ2v) is 5.71. The molecule has 4 nitrogen and oxygen atoms in total. The highest BCUT2D eigenvalue weighted by atomic mass is 32.2. The fraction of sp³-hybridized carbons (Fsp3) is 1.00. The maximum atomic E-state index is 13.0. The van der Waals surface area contributed by atoms with Crippen molar-refractivity contribution in [3.05, 3.63) is 0 Å². The highest BCUT2D eigenvalue weighted by Gasteiger charge is 2.82. The smallest absolute Gasteiger partial charge is 0.402 e. The lowest BCUT2D eigenvalue weighted by Gasteiger charge is -2.37. The van der Waals surface area contributed by atoms with Gasteiger partial charge in [-0.05, 0) is 6.42 Å². The van der Waals surface area contributed by atoms with Crippen molar-refractivity contribution in [2.75, 3.05) is 0 Å². The van der Waals surface area contributed by atoms with Crippen LogP contribution in [-0.2, 0) is 10.1 Å². The molecular weight excluding hydrogens is 399 g/mol. The molecule has 0 rings (SSSR count). The van der Waals surface area contributed by atoms with E-state index in [1.54, 1.807) is 0 Å². The quantitative estimate of drug-likeness (QED) is 0.506. The Morgan fingerprint density at radius 3 is 1.38 bits per heavy atom. The molecule has 148 valence electrons. The lowest BCUT2D eigenvalue weighted by Crippen LogP contribution is -2.64. The highest BCUT2D eigenvalue weighted by molar-refractivity contribution is 7.86. The zero-order valence-corrected chi connectivity index (χ0v) is 12.2. The van der Waals surface area contributed by atoms with E-state index >= 15 is 0 Å². The van der Waals surface area contributed by atoms with Gasteiger partial charge in [0, 0.05) is 12.8 Å². The Bertz CT molecular complexity index is 528. The van der Waals surface area contributed by atoms with Crippen LogP contribution < -0.4 is 6.15 Å². The van der Waals surface area contributed by atoms with Crippen molar-refractivity contribution in [2.45, 2.75) is 48.5 Å². The SMILES string of the molecule is O=S(=O)([O-])C(F)(F)C(F)(F)C(F)(F)C(F)(F)CCCC(F)(F)F.[NH4+]. The lowest BCUT2D eigenvalue weighted by molar-refractivity contribution is -0.350. The molecule has 24 heavy (non-hydrogen) atoms. The van der Waals surface area contributed by atoms with Crippen molar-refractivity contribution >= 4 is 10.1 Å². The molecule has 0 radical (unpaired) electrons. The van der Waals surface area contributed by atoms with E-state index in [4.69, 9.17) is 0 Å². The van der Waals surface area contributed by atoms with E-state index < -0.39 is 58.6 Å². The Morgan fingerprint density at radius 2 is 1.08 bits per heavy atom. The van der Waals surface area contributed by atoms with E-state index in [0.29, 0.717) is 0 Å². The largest absolute Gasteiger partial charge is 0.743 e. The van der Waals surface area contributed by atoms with E-state index in [2.05, 4.69) is 0 Å². The van der Waals surface area contributed by atoms with Crippen LogP contribution in [0.4, 0.5) is 48.3 Å². The molecule has 0 saturated heterocycles. The summed E-state index contributed by atoms with van der Waals surface area (Å²) in [5.41, 5.74) is 0. The minimum Gasteiger partial charge on any atom is -0.743 e. The summed E-state index contributed by atoms with van der Waals surface area (Å²) in [7, 11) is -7.47. The molecule has 0 aromatic heterocycles. The number of rotatable bonds is 7. The van der Waals surface area contributed by atoms with Crippen LogP contribution >= 0.6 is 0 Å². The number of quaternary nitrogens is 1. The summed E-state index contributed by atoms with van der Waals surface area (Å²) >= 11 is 0. The predicted octanol–water partition coefficient (Wildman–Crippen LogP) is 4.14. The van der Waals surface area contributed by atoms with Crippen molar-refractivity contribution in [1.29, 1.82) is 0 Å². The van der Waals surface area contributed by atoms with Crippen LogP contribution in [0, 0.1) is 0 Å². The molecule has 4 N–H and O–H groups in total. The molecule has 0 aliphatic rings. The van der Waals surface area contributed by atoms with Crippen molar-refractivity contribution in [3.63, 3.8) is 0 Å². The first kappa shape index (κ1) is 25.3. The third-order valence-corrected chi connectivity index (χ3v) is 3.37. The van der Waals surface area contributed by atoms with E-state index in [-0.39, 0.29) is 6.15 Å². The summed E-state index contributed by atoms with van der Waals surface area (Å²) in [5, 5.41) is -7.11. The van der Waals surface area contributed by atoms with Crippen molar-refractivity contribution in [1.82, 2.24) is 6.15 Å². The minimum atomic E-state index is -7.47. The van der Waals surface area contributed by atoms with Gasteiger partial charge >= 0.3 is 29.2 Å². The Balaban J connectivity index is 0. The van der Waals surface area contributed by atoms with Crippen LogP contribution in [0.3, 0.4) is 0 Å². The Labute approximate surface area is 127 Å². The van der Waals surface area contributed by atoms with Crippen molar-refractivity contribution in [3.8, 4) is 0 Å². The van der Waals surface area contributed by atoms with Gasteiger partial charge < -0.3 is 10.7 Å². The van der Waals surface area contributed by atoms with Gasteiger partial charge in [-0.1, -0.05) is 0 Å². The van der Waals surface area contributed by atoms with Gasteiger partial charge in [-0.15, -0.1) is 0 Å². The van der Waals surface area contributed by atoms with Gasteiger partial charge in [0.15, 0.2) is 10.1 Å². The third kappa shape index (κ3) is 4.59. The summed E-state index contributed by atoms with van der Waals surface area (Å²) in [6.07, 6.45) is -11.7. The average Bonchev–Trinajstić information content (AvgIpc) is 2.24. The first-order valence-electron chi connectivity index (χ1n) is 5.24. The molecule has 0 unspecified atom stereocenters. The van der Waals surface area contributed by atoms with E-state index in [1.807, 2.05) is 0 Å². The lowest BCUT2D eigenvalue weighted by atomic mass is 9.99. The molecule has 0 aromatic rings. The topological polar surface area (TPSA) is 93.7 Å². The molecular formula is C8H10F11NO3S. The second kappa shape index (κ2) is 6.78. The summed E-state index contributed by atoms with van der Waals surface area (Å²) in [5.74, 6) is -20.6. The van der Waals surface area contributed by atoms with Gasteiger partial charge in [0.1, 0.15) is 0 Å². The number of hydrogen-bond donors (Lipinski definition) is 1. The molecule has 0 heterocycles. The molecule has 0 atom stereocenters. The molecule has 0 aliphatic carbocycles. The molecule has 0 aromatic carbocycles. The molecule has 0 bridgehead atoms. The van der Waals surface area contributed by atoms with Crippen LogP contribution in [-0.4, -0.2) is 42.2 Å². The van der Waals surface area contributed by atoms with Crippen LogP contribution in [0.15, 0.2) is 0 Å². The van der Waals surface area contributed by atoms with Gasteiger partial charge in [0.05, 0.1) is 0 Å². The summed E-state index contributed by atoms with van der Waals surface area (Å²) in [4.78, 5) is 0. The standard InChI is InChI=1S/C8H7F11O3S.H3N/c9-4(10,2-1-3-5(11,12)13)6(14,15)7(16,17)8(18,19)23(20,21)22;/h1-3H2,(H,20,21,22);1H3. The average molecular weight is 409 g/mol. The van der Waals surface area contributed by atoms with E-state index in [0.717, 1.165) is 0 Å². The highest BCUT2D eigenvalue weighted by Crippen LogP contribution is 2.55. The van der Waals surface area contributed by atoms with Gasteiger partial charge in [0.2, 0.25) is 0 Å². The third-order valence-electron chi connectivity index (χ3n) is 2.48. The van der Waals surface area contributed by atoms with E-state index in [9.17, 15) is 61.3 Å². The summed E-state index contributed by atoms with van der Waals surface area (Å²) in [6.45, 7) is 0. The maximum absolute atomic E-state index is 13.0. The van der Waals surface area contributed by atoms with Gasteiger partial charge in [0.25, 0.3) is 0 Å². The Morgan fingerprint density at radius 1 is 0.708 bits per heavy atom. The maximum Gasteiger partial charge on any atom is 0.402 e. The fourth-order valence-electron chi connectivity index (χ4n) is 1.24.